The highest BCUT2D eigenvalue weighted by Crippen LogP contribution is 2.42. The molecule has 9 nitrogen and oxygen atoms in total. The Balaban J connectivity index is 1.70. The molecule has 4 rings (SSSR count). The Morgan fingerprint density at radius 1 is 0.969 bits per heavy atom. The predicted molar refractivity (Wildman–Crippen MR) is 109 cm³/mol. The lowest BCUT2D eigenvalue weighted by Crippen LogP contribution is -2.32. The van der Waals surface area contributed by atoms with Crippen molar-refractivity contribution in [2.24, 2.45) is 11.8 Å². The minimum atomic E-state index is -1.05. The number of hydrogen-bond donors (Lipinski definition) is 0. The van der Waals surface area contributed by atoms with Crippen molar-refractivity contribution in [3.63, 3.8) is 0 Å². The van der Waals surface area contributed by atoms with Crippen LogP contribution in [-0.2, 0) is 19.1 Å². The summed E-state index contributed by atoms with van der Waals surface area (Å²) in [4.78, 5) is 37.9. The average molecular weight is 442 g/mol. The van der Waals surface area contributed by atoms with Crippen LogP contribution in [0.3, 0.4) is 0 Å². The van der Waals surface area contributed by atoms with Gasteiger partial charge in [-0.2, -0.15) is 0 Å². The summed E-state index contributed by atoms with van der Waals surface area (Å²) >= 11 is 0. The van der Waals surface area contributed by atoms with Crippen LogP contribution < -0.4 is 18.9 Å². The third-order valence-electron chi connectivity index (χ3n) is 5.46. The summed E-state index contributed by atoms with van der Waals surface area (Å²) in [5.74, 6) is -1.57. The third-order valence-corrected chi connectivity index (χ3v) is 5.46. The number of cyclic esters (lactones) is 1. The van der Waals surface area contributed by atoms with E-state index in [2.05, 4.69) is 0 Å². The van der Waals surface area contributed by atoms with Crippen molar-refractivity contribution in [3.05, 3.63) is 47.5 Å². The maximum Gasteiger partial charge on any atom is 0.314 e. The summed E-state index contributed by atoms with van der Waals surface area (Å²) in [5.41, 5.74) is 0.821. The molecule has 9 heteroatoms. The quantitative estimate of drug-likeness (QED) is 0.472. The monoisotopic (exact) mass is 442 g/mol. The predicted octanol–water partition coefficient (Wildman–Crippen LogP) is 2.71. The molecule has 32 heavy (non-hydrogen) atoms. The zero-order chi connectivity index (χ0) is 22.8. The van der Waals surface area contributed by atoms with Gasteiger partial charge in [-0.05, 0) is 35.9 Å². The van der Waals surface area contributed by atoms with E-state index >= 15 is 0 Å². The first kappa shape index (κ1) is 21.5. The summed E-state index contributed by atoms with van der Waals surface area (Å²) in [6.45, 7) is 1.19. The van der Waals surface area contributed by atoms with E-state index in [1.54, 1.807) is 36.4 Å². The highest BCUT2D eigenvalue weighted by Gasteiger charge is 2.48. The zero-order valence-corrected chi connectivity index (χ0v) is 17.8. The van der Waals surface area contributed by atoms with Gasteiger partial charge in [-0.3, -0.25) is 14.4 Å². The van der Waals surface area contributed by atoms with Crippen molar-refractivity contribution in [2.45, 2.75) is 13.0 Å². The lowest BCUT2D eigenvalue weighted by molar-refractivity contribution is -0.155. The van der Waals surface area contributed by atoms with Crippen molar-refractivity contribution in [1.82, 2.24) is 0 Å². The Morgan fingerprint density at radius 3 is 2.44 bits per heavy atom. The first-order valence-corrected chi connectivity index (χ1v) is 9.92. The SMILES string of the molecule is COc1ccc([C@H](OC(C)=O)[C@@H]2C(=O)OC[C@H]2C(=O)c2ccc3c(c2)OCO3)cc1OC. The number of benzene rings is 2. The number of carbonyl (C=O) groups excluding carboxylic acids is 3. The Hall–Kier alpha value is -3.75. The maximum absolute atomic E-state index is 13.3. The number of carbonyl (C=O) groups is 3. The second kappa shape index (κ2) is 8.78. The fourth-order valence-electron chi connectivity index (χ4n) is 3.93. The van der Waals surface area contributed by atoms with Gasteiger partial charge in [0.25, 0.3) is 0 Å². The van der Waals surface area contributed by atoms with Gasteiger partial charge in [0.2, 0.25) is 6.79 Å². The standard InChI is InChI=1S/C23H22O9/c1-12(24)32-22(14-5-6-16(27-2)18(9-14)28-3)20-15(10-29-23(20)26)21(25)13-4-7-17-19(8-13)31-11-30-17/h4-9,15,20,22H,10-11H2,1-3H3/t15-,20-,22+/m1/s1. The molecule has 2 aromatic carbocycles. The largest absolute Gasteiger partial charge is 0.493 e. The molecular formula is C23H22O9. The number of fused-ring (bicyclic) bond motifs is 1. The number of esters is 2. The van der Waals surface area contributed by atoms with E-state index in [0.29, 0.717) is 34.1 Å². The van der Waals surface area contributed by atoms with Crippen molar-refractivity contribution in [1.29, 1.82) is 0 Å². The highest BCUT2D eigenvalue weighted by atomic mass is 16.7. The van der Waals surface area contributed by atoms with Crippen LogP contribution in [0.4, 0.5) is 0 Å². The molecule has 3 atom stereocenters. The van der Waals surface area contributed by atoms with Gasteiger partial charge in [-0.25, -0.2) is 0 Å². The van der Waals surface area contributed by atoms with E-state index in [4.69, 9.17) is 28.4 Å². The summed E-state index contributed by atoms with van der Waals surface area (Å²) in [7, 11) is 2.97. The van der Waals surface area contributed by atoms with E-state index < -0.39 is 29.9 Å². The molecule has 0 spiro atoms. The minimum Gasteiger partial charge on any atom is -0.493 e. The smallest absolute Gasteiger partial charge is 0.314 e. The molecule has 0 bridgehead atoms. The van der Waals surface area contributed by atoms with Crippen molar-refractivity contribution < 1.29 is 42.8 Å². The van der Waals surface area contributed by atoms with Crippen molar-refractivity contribution in [3.8, 4) is 23.0 Å². The number of rotatable bonds is 7. The van der Waals surface area contributed by atoms with Gasteiger partial charge in [0.1, 0.15) is 18.6 Å². The number of methoxy groups -OCH3 is 2. The Morgan fingerprint density at radius 2 is 1.72 bits per heavy atom. The molecule has 1 fully saturated rings. The first-order chi connectivity index (χ1) is 15.4. The van der Waals surface area contributed by atoms with Crippen molar-refractivity contribution in [2.75, 3.05) is 27.6 Å². The first-order valence-electron chi connectivity index (χ1n) is 9.92. The molecule has 0 aliphatic carbocycles. The van der Waals surface area contributed by atoms with Crippen LogP contribution in [0.25, 0.3) is 0 Å². The molecule has 2 aliphatic heterocycles. The van der Waals surface area contributed by atoms with Gasteiger partial charge < -0.3 is 28.4 Å². The van der Waals surface area contributed by atoms with Crippen LogP contribution in [0, 0.1) is 11.8 Å². The molecule has 2 heterocycles. The molecule has 0 amide bonds. The summed E-state index contributed by atoms with van der Waals surface area (Å²) in [5, 5.41) is 0. The zero-order valence-electron chi connectivity index (χ0n) is 17.8. The number of Topliss-reactive ketones (excluding diaryl/α,β-unsaturated/α-hetero) is 1. The molecular weight excluding hydrogens is 420 g/mol. The third kappa shape index (κ3) is 3.93. The molecule has 168 valence electrons. The van der Waals surface area contributed by atoms with Gasteiger partial charge in [0.15, 0.2) is 28.8 Å². The Kier molecular flexibility index (Phi) is 5.89. The normalized spacial score (nSPS) is 19.8. The molecule has 0 saturated carbocycles. The van der Waals surface area contributed by atoms with Gasteiger partial charge in [0, 0.05) is 12.5 Å². The maximum atomic E-state index is 13.3. The molecule has 0 radical (unpaired) electrons. The number of ketones is 1. The minimum absolute atomic E-state index is 0.0778. The molecule has 0 aromatic heterocycles. The van der Waals surface area contributed by atoms with Crippen LogP contribution in [0.15, 0.2) is 36.4 Å². The van der Waals surface area contributed by atoms with Crippen LogP contribution in [0.2, 0.25) is 0 Å². The van der Waals surface area contributed by atoms with Gasteiger partial charge in [-0.1, -0.05) is 6.07 Å². The number of hydrogen-bond acceptors (Lipinski definition) is 9. The van der Waals surface area contributed by atoms with Crippen LogP contribution in [0.5, 0.6) is 23.0 Å². The average Bonchev–Trinajstić information content (AvgIpc) is 3.42. The van der Waals surface area contributed by atoms with Gasteiger partial charge in [-0.15, -0.1) is 0 Å². The molecule has 0 N–H and O–H groups in total. The molecule has 1 saturated heterocycles. The van der Waals surface area contributed by atoms with E-state index in [-0.39, 0.29) is 19.2 Å². The molecule has 0 unspecified atom stereocenters. The molecule has 2 aromatic rings. The van der Waals surface area contributed by atoms with E-state index in [1.165, 1.54) is 21.1 Å². The fraction of sp³-hybridized carbons (Fsp3) is 0.348. The lowest BCUT2D eigenvalue weighted by Gasteiger charge is -2.25. The van der Waals surface area contributed by atoms with Gasteiger partial charge in [0.05, 0.1) is 20.1 Å². The van der Waals surface area contributed by atoms with E-state index in [9.17, 15) is 14.4 Å². The highest BCUT2D eigenvalue weighted by molar-refractivity contribution is 6.02. The van der Waals surface area contributed by atoms with Crippen LogP contribution in [-0.4, -0.2) is 45.3 Å². The molecule has 2 aliphatic rings. The van der Waals surface area contributed by atoms with Crippen LogP contribution in [0.1, 0.15) is 28.9 Å². The van der Waals surface area contributed by atoms with E-state index in [1.807, 2.05) is 0 Å². The van der Waals surface area contributed by atoms with Crippen molar-refractivity contribution >= 4 is 17.7 Å². The van der Waals surface area contributed by atoms with E-state index in [0.717, 1.165) is 0 Å². The number of ether oxygens (including phenoxy) is 6. The summed E-state index contributed by atoms with van der Waals surface area (Å²) in [6.07, 6.45) is -1.05. The van der Waals surface area contributed by atoms with Crippen LogP contribution >= 0.6 is 0 Å². The Bertz CT molecular complexity index is 1060. The topological polar surface area (TPSA) is 107 Å². The fourth-order valence-corrected chi connectivity index (χ4v) is 3.93. The lowest BCUT2D eigenvalue weighted by atomic mass is 9.82. The summed E-state index contributed by atoms with van der Waals surface area (Å²) < 4.78 is 32.0. The second-order valence-corrected chi connectivity index (χ2v) is 7.34. The van der Waals surface area contributed by atoms with Gasteiger partial charge >= 0.3 is 11.9 Å². The Labute approximate surface area is 184 Å². The second-order valence-electron chi connectivity index (χ2n) is 7.34. The summed E-state index contributed by atoms with van der Waals surface area (Å²) in [6, 6.07) is 9.72.